The highest BCUT2D eigenvalue weighted by Crippen LogP contribution is 2.20. The van der Waals surface area contributed by atoms with Gasteiger partial charge in [-0.05, 0) is 42.0 Å². The molecule has 0 saturated carbocycles. The van der Waals surface area contributed by atoms with Crippen LogP contribution in [0.2, 0.25) is 0 Å². The summed E-state index contributed by atoms with van der Waals surface area (Å²) >= 11 is 0. The summed E-state index contributed by atoms with van der Waals surface area (Å²) in [5, 5.41) is 0. The fourth-order valence-corrected chi connectivity index (χ4v) is 3.82. The van der Waals surface area contributed by atoms with E-state index < -0.39 is 10.0 Å². The molecule has 7 nitrogen and oxygen atoms in total. The van der Waals surface area contributed by atoms with Crippen LogP contribution in [0.15, 0.2) is 42.5 Å². The van der Waals surface area contributed by atoms with Gasteiger partial charge in [-0.1, -0.05) is 6.07 Å². The summed E-state index contributed by atoms with van der Waals surface area (Å²) in [7, 11) is -1.92. The van der Waals surface area contributed by atoms with E-state index in [1.807, 2.05) is 6.07 Å². The Hall–Kier alpha value is -2.65. The van der Waals surface area contributed by atoms with Crippen molar-refractivity contribution in [3.8, 4) is 5.75 Å². The molecule has 156 valence electrons. The first kappa shape index (κ1) is 21.1. The number of benzene rings is 2. The van der Waals surface area contributed by atoms with E-state index >= 15 is 0 Å². The Morgan fingerprint density at radius 2 is 1.76 bits per heavy atom. The van der Waals surface area contributed by atoms with Gasteiger partial charge >= 0.3 is 0 Å². The predicted molar refractivity (Wildman–Crippen MR) is 109 cm³/mol. The largest absolute Gasteiger partial charge is 0.494 e. The number of piperazine rings is 1. The Balaban J connectivity index is 1.54. The summed E-state index contributed by atoms with van der Waals surface area (Å²) in [6, 6.07) is 11.3. The van der Waals surface area contributed by atoms with Crippen molar-refractivity contribution in [1.29, 1.82) is 0 Å². The van der Waals surface area contributed by atoms with Gasteiger partial charge in [0.1, 0.15) is 0 Å². The highest BCUT2D eigenvalue weighted by Gasteiger charge is 2.22. The van der Waals surface area contributed by atoms with Crippen molar-refractivity contribution in [1.82, 2.24) is 9.80 Å². The minimum Gasteiger partial charge on any atom is -0.494 e. The molecule has 0 aliphatic carbocycles. The molecular formula is C20H24FN3O4S. The fraction of sp³-hybridized carbons (Fsp3) is 0.350. The maximum absolute atomic E-state index is 13.8. The van der Waals surface area contributed by atoms with Crippen LogP contribution < -0.4 is 9.46 Å². The molecule has 0 radical (unpaired) electrons. The molecule has 0 bridgehead atoms. The second-order valence-electron chi connectivity index (χ2n) is 6.99. The van der Waals surface area contributed by atoms with Crippen molar-refractivity contribution in [3.63, 3.8) is 0 Å². The van der Waals surface area contributed by atoms with E-state index in [0.717, 1.165) is 11.8 Å². The van der Waals surface area contributed by atoms with Crippen molar-refractivity contribution in [2.45, 2.75) is 6.54 Å². The third kappa shape index (κ3) is 5.68. The Labute approximate surface area is 170 Å². The molecule has 2 aromatic rings. The summed E-state index contributed by atoms with van der Waals surface area (Å²) in [6.45, 7) is 3.12. The van der Waals surface area contributed by atoms with Gasteiger partial charge in [0.05, 0.1) is 13.4 Å². The summed E-state index contributed by atoms with van der Waals surface area (Å²) in [4.78, 5) is 16.6. The first-order chi connectivity index (χ1) is 13.7. The standard InChI is InChI=1S/C20H24FN3O4S/c1-28-19-8-3-15(13-18(19)21)14-23-9-11-24(12-10-23)20(25)16-4-6-17(7-5-16)22-29(2,26)27/h3-8,13,22H,9-12,14H2,1-2H3. The molecule has 29 heavy (non-hydrogen) atoms. The lowest BCUT2D eigenvalue weighted by Crippen LogP contribution is -2.48. The number of hydrogen-bond acceptors (Lipinski definition) is 5. The minimum absolute atomic E-state index is 0.0916. The van der Waals surface area contributed by atoms with Crippen molar-refractivity contribution in [2.24, 2.45) is 0 Å². The number of nitrogens with one attached hydrogen (secondary N) is 1. The topological polar surface area (TPSA) is 79.0 Å². The molecule has 2 aromatic carbocycles. The smallest absolute Gasteiger partial charge is 0.253 e. The number of rotatable bonds is 6. The number of halogens is 1. The number of carbonyl (C=O) groups excluding carboxylic acids is 1. The van der Waals surface area contributed by atoms with E-state index in [4.69, 9.17) is 4.74 Å². The van der Waals surface area contributed by atoms with Gasteiger partial charge in [-0.2, -0.15) is 0 Å². The Morgan fingerprint density at radius 1 is 1.10 bits per heavy atom. The summed E-state index contributed by atoms with van der Waals surface area (Å²) in [5.74, 6) is -0.249. The summed E-state index contributed by atoms with van der Waals surface area (Å²) in [5.41, 5.74) is 1.78. The zero-order valence-corrected chi connectivity index (χ0v) is 17.2. The van der Waals surface area contributed by atoms with Gasteiger partial charge < -0.3 is 9.64 Å². The number of amides is 1. The first-order valence-electron chi connectivity index (χ1n) is 9.17. The number of sulfonamides is 1. The highest BCUT2D eigenvalue weighted by atomic mass is 32.2. The minimum atomic E-state index is -3.35. The normalized spacial score (nSPS) is 15.2. The molecule has 3 rings (SSSR count). The lowest BCUT2D eigenvalue weighted by molar-refractivity contribution is 0.0628. The second kappa shape index (κ2) is 8.79. The van der Waals surface area contributed by atoms with Gasteiger partial charge in [0.15, 0.2) is 11.6 Å². The van der Waals surface area contributed by atoms with Crippen molar-refractivity contribution in [3.05, 3.63) is 59.4 Å². The van der Waals surface area contributed by atoms with Gasteiger partial charge in [0, 0.05) is 44.0 Å². The zero-order chi connectivity index (χ0) is 21.0. The van der Waals surface area contributed by atoms with Crippen LogP contribution in [-0.2, 0) is 16.6 Å². The third-order valence-corrected chi connectivity index (χ3v) is 5.32. The van der Waals surface area contributed by atoms with Crippen molar-refractivity contribution >= 4 is 21.6 Å². The van der Waals surface area contributed by atoms with Gasteiger partial charge in [-0.3, -0.25) is 14.4 Å². The predicted octanol–water partition coefficient (Wildman–Crippen LogP) is 2.16. The number of hydrogen-bond donors (Lipinski definition) is 1. The lowest BCUT2D eigenvalue weighted by atomic mass is 10.1. The van der Waals surface area contributed by atoms with Crippen molar-refractivity contribution in [2.75, 3.05) is 44.3 Å². The van der Waals surface area contributed by atoms with Gasteiger partial charge in [0.2, 0.25) is 10.0 Å². The van der Waals surface area contributed by atoms with Gasteiger partial charge in [-0.15, -0.1) is 0 Å². The fourth-order valence-electron chi connectivity index (χ4n) is 3.25. The number of anilines is 1. The molecule has 0 atom stereocenters. The Bertz CT molecular complexity index is 972. The SMILES string of the molecule is COc1ccc(CN2CCN(C(=O)c3ccc(NS(C)(=O)=O)cc3)CC2)cc1F. The second-order valence-corrected chi connectivity index (χ2v) is 8.74. The Morgan fingerprint density at radius 3 is 2.31 bits per heavy atom. The number of nitrogens with zero attached hydrogens (tertiary/aromatic N) is 2. The molecule has 1 heterocycles. The van der Waals surface area contributed by atoms with Crippen LogP contribution in [-0.4, -0.2) is 63.7 Å². The molecular weight excluding hydrogens is 397 g/mol. The van der Waals surface area contributed by atoms with Crippen LogP contribution in [0.3, 0.4) is 0 Å². The number of methoxy groups -OCH3 is 1. The van der Waals surface area contributed by atoms with E-state index in [2.05, 4.69) is 9.62 Å². The first-order valence-corrected chi connectivity index (χ1v) is 11.1. The van der Waals surface area contributed by atoms with Crippen LogP contribution in [0.4, 0.5) is 10.1 Å². The van der Waals surface area contributed by atoms with Crippen LogP contribution in [0.1, 0.15) is 15.9 Å². The Kier molecular flexibility index (Phi) is 6.39. The van der Waals surface area contributed by atoms with Crippen LogP contribution in [0.25, 0.3) is 0 Å². The maximum Gasteiger partial charge on any atom is 0.253 e. The maximum atomic E-state index is 13.8. The van der Waals surface area contributed by atoms with Crippen molar-refractivity contribution < 1.29 is 22.3 Å². The molecule has 1 aliphatic rings. The van der Waals surface area contributed by atoms with Crippen LogP contribution >= 0.6 is 0 Å². The van der Waals surface area contributed by atoms with Gasteiger partial charge in [0.25, 0.3) is 5.91 Å². The molecule has 0 spiro atoms. The molecule has 1 fully saturated rings. The van der Waals surface area contributed by atoms with Crippen LogP contribution in [0, 0.1) is 5.82 Å². The quantitative estimate of drug-likeness (QED) is 0.773. The summed E-state index contributed by atoms with van der Waals surface area (Å²) in [6.07, 6.45) is 1.08. The number of ether oxygens (including phenoxy) is 1. The molecule has 1 aliphatic heterocycles. The monoisotopic (exact) mass is 421 g/mol. The average molecular weight is 421 g/mol. The molecule has 0 unspecified atom stereocenters. The lowest BCUT2D eigenvalue weighted by Gasteiger charge is -2.34. The highest BCUT2D eigenvalue weighted by molar-refractivity contribution is 7.92. The molecule has 1 N–H and O–H groups in total. The zero-order valence-electron chi connectivity index (χ0n) is 16.4. The van der Waals surface area contributed by atoms with E-state index in [0.29, 0.717) is 44.0 Å². The van der Waals surface area contributed by atoms with E-state index in [-0.39, 0.29) is 17.5 Å². The summed E-state index contributed by atoms with van der Waals surface area (Å²) < 4.78 is 43.7. The van der Waals surface area contributed by atoms with E-state index in [9.17, 15) is 17.6 Å². The van der Waals surface area contributed by atoms with Crippen LogP contribution in [0.5, 0.6) is 5.75 Å². The average Bonchev–Trinajstić information content (AvgIpc) is 2.68. The molecule has 1 amide bonds. The molecule has 9 heteroatoms. The van der Waals surface area contributed by atoms with Gasteiger partial charge in [-0.25, -0.2) is 12.8 Å². The number of carbonyl (C=O) groups is 1. The van der Waals surface area contributed by atoms with E-state index in [1.54, 1.807) is 35.2 Å². The van der Waals surface area contributed by atoms with E-state index in [1.165, 1.54) is 13.2 Å². The third-order valence-electron chi connectivity index (χ3n) is 4.72. The molecule has 0 aromatic heterocycles. The molecule has 1 saturated heterocycles.